The van der Waals surface area contributed by atoms with Crippen LogP contribution in [-0.4, -0.2) is 35.2 Å². The molecule has 0 aliphatic heterocycles. The Hall–Kier alpha value is -2.19. The van der Waals surface area contributed by atoms with Crippen molar-refractivity contribution >= 4 is 46.1 Å². The Morgan fingerprint density at radius 1 is 1.35 bits per heavy atom. The van der Waals surface area contributed by atoms with Gasteiger partial charge in [-0.3, -0.25) is 14.9 Å². The monoisotopic (exact) mass is 389 g/mol. The van der Waals surface area contributed by atoms with Gasteiger partial charge in [-0.05, 0) is 44.1 Å². The molecule has 1 aromatic heterocycles. The molecule has 3 rings (SSSR count). The van der Waals surface area contributed by atoms with E-state index in [1.807, 2.05) is 30.5 Å². The Morgan fingerprint density at radius 2 is 2.08 bits per heavy atom. The van der Waals surface area contributed by atoms with Crippen LogP contribution in [0.15, 0.2) is 40.5 Å². The van der Waals surface area contributed by atoms with Gasteiger partial charge in [0, 0.05) is 10.5 Å². The number of hydrogen-bond acceptors (Lipinski definition) is 7. The molecule has 136 valence electrons. The van der Waals surface area contributed by atoms with Gasteiger partial charge in [0.2, 0.25) is 0 Å². The molecule has 26 heavy (non-hydrogen) atoms. The molecule has 1 N–H and O–H groups in total. The summed E-state index contributed by atoms with van der Waals surface area (Å²) < 4.78 is 0. The molecule has 1 saturated carbocycles. The molecule has 0 atom stereocenters. The average molecular weight is 390 g/mol. The van der Waals surface area contributed by atoms with Gasteiger partial charge in [0.1, 0.15) is 6.10 Å². The highest BCUT2D eigenvalue weighted by molar-refractivity contribution is 7.98. The van der Waals surface area contributed by atoms with Crippen LogP contribution in [0.4, 0.5) is 5.13 Å². The van der Waals surface area contributed by atoms with E-state index >= 15 is 0 Å². The number of oxime groups is 1. The summed E-state index contributed by atoms with van der Waals surface area (Å²) in [4.78, 5) is 34.7. The highest BCUT2D eigenvalue weighted by Gasteiger charge is 2.20. The highest BCUT2D eigenvalue weighted by Crippen LogP contribution is 2.22. The number of rotatable bonds is 7. The summed E-state index contributed by atoms with van der Waals surface area (Å²) in [7, 11) is 0. The molecule has 2 aromatic rings. The third-order valence-corrected chi connectivity index (χ3v) is 5.62. The van der Waals surface area contributed by atoms with Crippen molar-refractivity contribution in [2.75, 3.05) is 11.6 Å². The molecule has 1 aromatic carbocycles. The molecular formula is C18H19N3O3S2. The quantitative estimate of drug-likeness (QED) is 0.335. The number of benzene rings is 1. The smallest absolute Gasteiger partial charge is 0.280 e. The van der Waals surface area contributed by atoms with E-state index in [1.54, 1.807) is 11.8 Å². The van der Waals surface area contributed by atoms with Crippen LogP contribution in [0.5, 0.6) is 0 Å². The van der Waals surface area contributed by atoms with Crippen LogP contribution in [0.2, 0.25) is 0 Å². The molecule has 0 saturated heterocycles. The van der Waals surface area contributed by atoms with E-state index in [-0.39, 0.29) is 11.8 Å². The molecule has 1 aliphatic carbocycles. The van der Waals surface area contributed by atoms with Crippen LogP contribution in [0.1, 0.15) is 40.9 Å². The summed E-state index contributed by atoms with van der Waals surface area (Å²) in [6.45, 7) is 0. The van der Waals surface area contributed by atoms with Crippen molar-refractivity contribution < 1.29 is 14.4 Å². The molecule has 0 radical (unpaired) electrons. The SMILES string of the molecule is CSc1ccc(C(=NOC2CCCC2)C(=O)Nc2ncc(C=O)s2)cc1. The first-order valence-corrected chi connectivity index (χ1v) is 10.3. The Bertz CT molecular complexity index is 796. The number of thiazole rings is 1. The van der Waals surface area contributed by atoms with E-state index in [4.69, 9.17) is 4.84 Å². The van der Waals surface area contributed by atoms with Gasteiger partial charge in [0.25, 0.3) is 5.91 Å². The van der Waals surface area contributed by atoms with Crippen molar-refractivity contribution in [3.8, 4) is 0 Å². The first-order chi connectivity index (χ1) is 12.7. The second-order valence-electron chi connectivity index (χ2n) is 5.82. The van der Waals surface area contributed by atoms with Gasteiger partial charge in [-0.2, -0.15) is 0 Å². The fourth-order valence-electron chi connectivity index (χ4n) is 2.65. The standard InChI is InChI=1S/C18H19N3O3S2/c1-25-14-8-6-12(7-9-14)16(21-24-13-4-2-3-5-13)17(23)20-18-19-10-15(11-22)26-18/h6-11,13H,2-5H2,1H3,(H,19,20,23). The zero-order chi connectivity index (χ0) is 18.4. The lowest BCUT2D eigenvalue weighted by atomic mass is 10.1. The number of aldehydes is 1. The van der Waals surface area contributed by atoms with Crippen LogP contribution in [0.25, 0.3) is 0 Å². The van der Waals surface area contributed by atoms with Crippen LogP contribution in [-0.2, 0) is 9.63 Å². The Balaban J connectivity index is 1.81. The van der Waals surface area contributed by atoms with Crippen molar-refractivity contribution in [2.45, 2.75) is 36.7 Å². The van der Waals surface area contributed by atoms with Gasteiger partial charge >= 0.3 is 0 Å². The predicted molar refractivity (Wildman–Crippen MR) is 104 cm³/mol. The zero-order valence-electron chi connectivity index (χ0n) is 14.3. The largest absolute Gasteiger partial charge is 0.392 e. The molecule has 1 aliphatic rings. The van der Waals surface area contributed by atoms with Gasteiger partial charge < -0.3 is 4.84 Å². The Kier molecular flexibility index (Phi) is 6.40. The zero-order valence-corrected chi connectivity index (χ0v) is 15.9. The summed E-state index contributed by atoms with van der Waals surface area (Å²) in [5.74, 6) is -0.410. The summed E-state index contributed by atoms with van der Waals surface area (Å²) in [6.07, 6.45) is 8.34. The summed E-state index contributed by atoms with van der Waals surface area (Å²) in [5.41, 5.74) is 0.873. The van der Waals surface area contributed by atoms with E-state index in [0.29, 0.717) is 21.9 Å². The lowest BCUT2D eigenvalue weighted by Gasteiger charge is -2.10. The number of anilines is 1. The fourth-order valence-corrected chi connectivity index (χ4v) is 3.68. The molecular weight excluding hydrogens is 370 g/mol. The van der Waals surface area contributed by atoms with Crippen LogP contribution >= 0.6 is 23.1 Å². The highest BCUT2D eigenvalue weighted by atomic mass is 32.2. The normalized spacial score (nSPS) is 15.0. The first kappa shape index (κ1) is 18.6. The van der Waals surface area contributed by atoms with E-state index in [1.165, 1.54) is 6.20 Å². The maximum absolute atomic E-state index is 12.7. The number of thioether (sulfide) groups is 1. The lowest BCUT2D eigenvalue weighted by molar-refractivity contribution is -0.110. The van der Waals surface area contributed by atoms with E-state index < -0.39 is 5.91 Å². The first-order valence-electron chi connectivity index (χ1n) is 8.30. The summed E-state index contributed by atoms with van der Waals surface area (Å²) >= 11 is 2.74. The molecule has 6 nitrogen and oxygen atoms in total. The van der Waals surface area contributed by atoms with Gasteiger partial charge in [-0.25, -0.2) is 4.98 Å². The second-order valence-corrected chi connectivity index (χ2v) is 7.76. The van der Waals surface area contributed by atoms with Crippen molar-refractivity contribution in [3.05, 3.63) is 40.9 Å². The second kappa shape index (κ2) is 8.95. The predicted octanol–water partition coefficient (Wildman–Crippen LogP) is 3.98. The minimum atomic E-state index is -0.410. The van der Waals surface area contributed by atoms with Gasteiger partial charge in [0.15, 0.2) is 17.1 Å². The average Bonchev–Trinajstić information content (AvgIpc) is 3.34. The van der Waals surface area contributed by atoms with Crippen molar-refractivity contribution in [1.29, 1.82) is 0 Å². The van der Waals surface area contributed by atoms with Gasteiger partial charge in [-0.15, -0.1) is 11.8 Å². The van der Waals surface area contributed by atoms with Gasteiger partial charge in [-0.1, -0.05) is 28.6 Å². The Labute approximate surface area is 160 Å². The van der Waals surface area contributed by atoms with Crippen molar-refractivity contribution in [2.24, 2.45) is 5.16 Å². The Morgan fingerprint density at radius 3 is 2.69 bits per heavy atom. The number of carbonyl (C=O) groups excluding carboxylic acids is 2. The molecule has 0 spiro atoms. The van der Waals surface area contributed by atoms with Crippen LogP contribution < -0.4 is 5.32 Å². The topological polar surface area (TPSA) is 80.7 Å². The molecule has 1 heterocycles. The fraction of sp³-hybridized carbons (Fsp3) is 0.333. The minimum absolute atomic E-state index is 0.0600. The molecule has 0 bridgehead atoms. The van der Waals surface area contributed by atoms with Crippen molar-refractivity contribution in [1.82, 2.24) is 4.98 Å². The van der Waals surface area contributed by atoms with Crippen molar-refractivity contribution in [3.63, 3.8) is 0 Å². The van der Waals surface area contributed by atoms with Gasteiger partial charge in [0.05, 0.1) is 11.1 Å². The molecule has 1 amide bonds. The minimum Gasteiger partial charge on any atom is -0.392 e. The molecule has 0 unspecified atom stereocenters. The third kappa shape index (κ3) is 4.70. The summed E-state index contributed by atoms with van der Waals surface area (Å²) in [5, 5.41) is 7.21. The number of nitrogens with one attached hydrogen (secondary N) is 1. The maximum Gasteiger partial charge on any atom is 0.280 e. The number of carbonyl (C=O) groups is 2. The van der Waals surface area contributed by atoms with E-state index in [0.717, 1.165) is 41.9 Å². The van der Waals surface area contributed by atoms with E-state index in [9.17, 15) is 9.59 Å². The van der Waals surface area contributed by atoms with Crippen LogP contribution in [0.3, 0.4) is 0 Å². The maximum atomic E-state index is 12.7. The summed E-state index contributed by atoms with van der Waals surface area (Å²) in [6, 6.07) is 7.57. The lowest BCUT2D eigenvalue weighted by Crippen LogP contribution is -2.24. The number of hydrogen-bond donors (Lipinski definition) is 1. The number of nitrogens with zero attached hydrogens (tertiary/aromatic N) is 2. The molecule has 8 heteroatoms. The molecule has 1 fully saturated rings. The van der Waals surface area contributed by atoms with Crippen LogP contribution in [0, 0.1) is 0 Å². The van der Waals surface area contributed by atoms with E-state index in [2.05, 4.69) is 15.5 Å². The number of amides is 1. The third-order valence-electron chi connectivity index (χ3n) is 4.03. The number of aromatic nitrogens is 1.